The summed E-state index contributed by atoms with van der Waals surface area (Å²) >= 11 is 0. The number of benzene rings is 1. The summed E-state index contributed by atoms with van der Waals surface area (Å²) in [5.41, 5.74) is 1.69. The normalized spacial score (nSPS) is 19.1. The van der Waals surface area contributed by atoms with E-state index in [1.165, 1.54) is 4.31 Å². The van der Waals surface area contributed by atoms with Crippen LogP contribution in [-0.4, -0.2) is 51.1 Å². The predicted molar refractivity (Wildman–Crippen MR) is 94.0 cm³/mol. The molecule has 2 heterocycles. The van der Waals surface area contributed by atoms with Gasteiger partial charge in [-0.15, -0.1) is 0 Å². The number of anilines is 1. The predicted octanol–water partition coefficient (Wildman–Crippen LogP) is -0.517. The number of nitrogens with zero attached hydrogens (tertiary/aromatic N) is 1. The topological polar surface area (TPSA) is 125 Å². The Morgan fingerprint density at radius 3 is 2.77 bits per heavy atom. The molecule has 140 valence electrons. The summed E-state index contributed by atoms with van der Waals surface area (Å²) in [5, 5.41) is 7.04. The smallest absolute Gasteiger partial charge is 0.322 e. The van der Waals surface area contributed by atoms with Gasteiger partial charge in [0.2, 0.25) is 15.9 Å². The summed E-state index contributed by atoms with van der Waals surface area (Å²) in [5.74, 6) is -1.03. The molecular formula is C16H20N4O5S. The van der Waals surface area contributed by atoms with Gasteiger partial charge < -0.3 is 10.6 Å². The van der Waals surface area contributed by atoms with Crippen molar-refractivity contribution in [3.63, 3.8) is 0 Å². The number of amides is 4. The summed E-state index contributed by atoms with van der Waals surface area (Å²) in [6.45, 7) is 0.398. The van der Waals surface area contributed by atoms with Gasteiger partial charge in [-0.2, -0.15) is 0 Å². The third kappa shape index (κ3) is 3.96. The van der Waals surface area contributed by atoms with Crippen molar-refractivity contribution in [2.45, 2.75) is 25.3 Å². The number of nitrogens with one attached hydrogen (secondary N) is 3. The van der Waals surface area contributed by atoms with Crippen LogP contribution in [-0.2, 0) is 26.0 Å². The monoisotopic (exact) mass is 380 g/mol. The minimum atomic E-state index is -3.52. The zero-order valence-electron chi connectivity index (χ0n) is 14.0. The Morgan fingerprint density at radius 2 is 2.04 bits per heavy atom. The van der Waals surface area contributed by atoms with Gasteiger partial charge in [0.25, 0.3) is 5.91 Å². The van der Waals surface area contributed by atoms with E-state index in [4.69, 9.17) is 0 Å². The number of hydrogen-bond donors (Lipinski definition) is 3. The van der Waals surface area contributed by atoms with Crippen molar-refractivity contribution in [3.8, 4) is 0 Å². The molecule has 1 saturated heterocycles. The lowest BCUT2D eigenvalue weighted by Gasteiger charge is -2.19. The third-order valence-corrected chi connectivity index (χ3v) is 6.15. The molecule has 0 saturated carbocycles. The van der Waals surface area contributed by atoms with E-state index in [0.717, 1.165) is 5.56 Å². The number of urea groups is 1. The Labute approximate surface area is 151 Å². The van der Waals surface area contributed by atoms with Crippen LogP contribution in [0.25, 0.3) is 0 Å². The van der Waals surface area contributed by atoms with Gasteiger partial charge in [0.15, 0.2) is 0 Å². The molecule has 1 fully saturated rings. The van der Waals surface area contributed by atoms with E-state index in [1.54, 1.807) is 12.1 Å². The molecule has 10 heteroatoms. The first kappa shape index (κ1) is 18.2. The number of sulfonamides is 1. The summed E-state index contributed by atoms with van der Waals surface area (Å²) in [4.78, 5) is 34.2. The van der Waals surface area contributed by atoms with Crippen molar-refractivity contribution in [1.82, 2.24) is 16.0 Å². The molecule has 1 atom stereocenters. The molecule has 1 aromatic rings. The largest absolute Gasteiger partial charge is 0.355 e. The van der Waals surface area contributed by atoms with Crippen LogP contribution < -0.4 is 20.3 Å². The molecule has 0 aliphatic carbocycles. The van der Waals surface area contributed by atoms with Gasteiger partial charge in [0, 0.05) is 19.5 Å². The molecule has 0 unspecified atom stereocenters. The molecule has 1 aromatic carbocycles. The number of carbonyl (C=O) groups is 3. The number of fused-ring (bicyclic) bond motifs is 1. The van der Waals surface area contributed by atoms with Crippen molar-refractivity contribution in [3.05, 3.63) is 29.8 Å². The molecule has 2 aliphatic heterocycles. The van der Waals surface area contributed by atoms with Gasteiger partial charge in [-0.05, 0) is 24.5 Å². The second-order valence-electron chi connectivity index (χ2n) is 6.17. The van der Waals surface area contributed by atoms with Crippen LogP contribution in [0.15, 0.2) is 24.3 Å². The quantitative estimate of drug-likeness (QED) is 0.549. The minimum absolute atomic E-state index is 0.0109. The summed E-state index contributed by atoms with van der Waals surface area (Å²) < 4.78 is 26.4. The van der Waals surface area contributed by atoms with Crippen LogP contribution in [0.1, 0.15) is 18.4 Å². The average Bonchev–Trinajstić information content (AvgIpc) is 3.16. The lowest BCUT2D eigenvalue weighted by Crippen LogP contribution is -2.37. The van der Waals surface area contributed by atoms with Crippen molar-refractivity contribution in [2.75, 3.05) is 23.1 Å². The Kier molecular flexibility index (Phi) is 5.12. The Hall–Kier alpha value is -2.62. The molecule has 0 bridgehead atoms. The van der Waals surface area contributed by atoms with E-state index < -0.39 is 28.0 Å². The fraction of sp³-hybridized carbons (Fsp3) is 0.438. The zero-order chi connectivity index (χ0) is 18.7. The Morgan fingerprint density at radius 1 is 1.27 bits per heavy atom. The maximum Gasteiger partial charge on any atom is 0.322 e. The maximum atomic E-state index is 12.5. The van der Waals surface area contributed by atoms with E-state index in [1.807, 2.05) is 12.1 Å². The second kappa shape index (κ2) is 7.32. The zero-order valence-corrected chi connectivity index (χ0v) is 14.8. The fourth-order valence-electron chi connectivity index (χ4n) is 3.05. The number of rotatable bonds is 7. The molecule has 4 amide bonds. The van der Waals surface area contributed by atoms with Crippen LogP contribution in [0, 0.1) is 0 Å². The van der Waals surface area contributed by atoms with E-state index >= 15 is 0 Å². The van der Waals surface area contributed by atoms with Crippen LogP contribution in [0.5, 0.6) is 0 Å². The van der Waals surface area contributed by atoms with E-state index in [-0.39, 0.29) is 31.0 Å². The highest BCUT2D eigenvalue weighted by atomic mass is 32.2. The van der Waals surface area contributed by atoms with E-state index in [9.17, 15) is 22.8 Å². The SMILES string of the molecule is O=C(CC[C@H]1NC(=O)NC1=O)NCCS(=O)(=O)N1CCc2ccccc21. The second-order valence-corrected chi connectivity index (χ2v) is 8.18. The molecule has 0 aromatic heterocycles. The highest BCUT2D eigenvalue weighted by Gasteiger charge is 2.30. The van der Waals surface area contributed by atoms with E-state index in [2.05, 4.69) is 16.0 Å². The average molecular weight is 380 g/mol. The van der Waals surface area contributed by atoms with Gasteiger partial charge in [0.1, 0.15) is 6.04 Å². The van der Waals surface area contributed by atoms with Gasteiger partial charge in [0.05, 0.1) is 11.4 Å². The molecule has 26 heavy (non-hydrogen) atoms. The summed E-state index contributed by atoms with van der Waals surface area (Å²) in [7, 11) is -3.52. The lowest BCUT2D eigenvalue weighted by molar-refractivity contribution is -0.122. The highest BCUT2D eigenvalue weighted by Crippen LogP contribution is 2.29. The number of para-hydroxylation sites is 1. The molecule has 2 aliphatic rings. The molecular weight excluding hydrogens is 360 g/mol. The molecule has 3 N–H and O–H groups in total. The first-order chi connectivity index (χ1) is 12.4. The van der Waals surface area contributed by atoms with Gasteiger partial charge in [-0.25, -0.2) is 13.2 Å². The first-order valence-corrected chi connectivity index (χ1v) is 9.94. The van der Waals surface area contributed by atoms with Crippen LogP contribution >= 0.6 is 0 Å². The van der Waals surface area contributed by atoms with Crippen molar-refractivity contribution in [2.24, 2.45) is 0 Å². The third-order valence-electron chi connectivity index (χ3n) is 4.38. The van der Waals surface area contributed by atoms with Crippen LogP contribution in [0.4, 0.5) is 10.5 Å². The van der Waals surface area contributed by atoms with E-state index in [0.29, 0.717) is 18.7 Å². The van der Waals surface area contributed by atoms with Crippen molar-refractivity contribution < 1.29 is 22.8 Å². The Bertz CT molecular complexity index is 839. The van der Waals surface area contributed by atoms with Crippen LogP contribution in [0.2, 0.25) is 0 Å². The number of imide groups is 1. The van der Waals surface area contributed by atoms with Gasteiger partial charge in [-0.1, -0.05) is 18.2 Å². The summed E-state index contributed by atoms with van der Waals surface area (Å²) in [6.07, 6.45) is 0.859. The number of hydrogen-bond acceptors (Lipinski definition) is 5. The van der Waals surface area contributed by atoms with Crippen molar-refractivity contribution in [1.29, 1.82) is 0 Å². The maximum absolute atomic E-state index is 12.5. The molecule has 3 rings (SSSR count). The Balaban J connectivity index is 1.45. The molecule has 9 nitrogen and oxygen atoms in total. The minimum Gasteiger partial charge on any atom is -0.355 e. The standard InChI is InChI=1S/C16H20N4O5S/c21-14(6-5-12-15(22)19-16(23)18-12)17-8-10-26(24,25)20-9-7-11-3-1-2-4-13(11)20/h1-4,12H,5-10H2,(H,17,21)(H2,18,19,22,23)/t12-/m1/s1. The molecule has 0 spiro atoms. The lowest BCUT2D eigenvalue weighted by atomic mass is 10.1. The highest BCUT2D eigenvalue weighted by molar-refractivity contribution is 7.92. The number of carbonyl (C=O) groups excluding carboxylic acids is 3. The first-order valence-electron chi connectivity index (χ1n) is 8.33. The van der Waals surface area contributed by atoms with Crippen molar-refractivity contribution >= 4 is 33.6 Å². The van der Waals surface area contributed by atoms with Crippen LogP contribution in [0.3, 0.4) is 0 Å². The van der Waals surface area contributed by atoms with Gasteiger partial charge >= 0.3 is 6.03 Å². The fourth-order valence-corrected chi connectivity index (χ4v) is 4.48. The molecule has 0 radical (unpaired) electrons. The van der Waals surface area contributed by atoms with Gasteiger partial charge in [-0.3, -0.25) is 19.2 Å². The summed E-state index contributed by atoms with van der Waals surface area (Å²) in [6, 6.07) is 6.06.